The third kappa shape index (κ3) is 2.77. The summed E-state index contributed by atoms with van der Waals surface area (Å²) in [5.41, 5.74) is -0.692. The number of alkyl halides is 1. The molecule has 0 nitrogen and oxygen atoms in total. The van der Waals surface area contributed by atoms with E-state index in [1.165, 1.54) is 12.1 Å². The predicted molar refractivity (Wildman–Crippen MR) is 68.1 cm³/mol. The van der Waals surface area contributed by atoms with E-state index in [0.29, 0.717) is 12.1 Å². The second-order valence-electron chi connectivity index (χ2n) is 3.78. The average molecular weight is 354 g/mol. The molecule has 2 rings (SSSR count). The Morgan fingerprint density at radius 2 is 1.47 bits per heavy atom. The van der Waals surface area contributed by atoms with Crippen molar-refractivity contribution in [1.29, 1.82) is 0 Å². The van der Waals surface area contributed by atoms with Gasteiger partial charge in [0.25, 0.3) is 0 Å². The third-order valence-electron chi connectivity index (χ3n) is 2.55. The lowest BCUT2D eigenvalue weighted by Crippen LogP contribution is -2.05. The van der Waals surface area contributed by atoms with E-state index in [9.17, 15) is 17.6 Å². The summed E-state index contributed by atoms with van der Waals surface area (Å²) >= 11 is 9.00. The minimum absolute atomic E-state index is 0.103. The van der Waals surface area contributed by atoms with Crippen LogP contribution in [0.1, 0.15) is 16.5 Å². The molecule has 0 spiro atoms. The van der Waals surface area contributed by atoms with E-state index < -0.39 is 34.2 Å². The maximum absolute atomic E-state index is 13.7. The first-order valence-corrected chi connectivity index (χ1v) is 6.37. The van der Waals surface area contributed by atoms with Crippen molar-refractivity contribution >= 4 is 27.5 Å². The van der Waals surface area contributed by atoms with Crippen molar-refractivity contribution in [3.63, 3.8) is 0 Å². The van der Waals surface area contributed by atoms with Crippen LogP contribution in [0.25, 0.3) is 0 Å². The highest BCUT2D eigenvalue weighted by Crippen LogP contribution is 2.38. The molecule has 2 aromatic rings. The van der Waals surface area contributed by atoms with Crippen LogP contribution in [-0.4, -0.2) is 0 Å². The van der Waals surface area contributed by atoms with Crippen LogP contribution in [0, 0.1) is 23.3 Å². The van der Waals surface area contributed by atoms with E-state index in [1.54, 1.807) is 0 Å². The Morgan fingerprint density at radius 3 is 2.00 bits per heavy atom. The number of hydrogen-bond acceptors (Lipinski definition) is 0. The van der Waals surface area contributed by atoms with Crippen LogP contribution >= 0.6 is 27.5 Å². The van der Waals surface area contributed by atoms with Crippen molar-refractivity contribution in [2.24, 2.45) is 0 Å². The van der Waals surface area contributed by atoms with Gasteiger partial charge in [0, 0.05) is 27.7 Å². The molecule has 0 aliphatic heterocycles. The van der Waals surface area contributed by atoms with E-state index in [0.717, 1.165) is 6.07 Å². The predicted octanol–water partition coefficient (Wildman–Crippen LogP) is 5.33. The van der Waals surface area contributed by atoms with E-state index in [4.69, 9.17) is 11.6 Å². The molecule has 0 bridgehead atoms. The van der Waals surface area contributed by atoms with E-state index in [2.05, 4.69) is 15.9 Å². The molecular formula is C13H6BrClF4. The van der Waals surface area contributed by atoms with Crippen molar-refractivity contribution in [3.05, 3.63) is 69.2 Å². The summed E-state index contributed by atoms with van der Waals surface area (Å²) in [5.74, 6) is -4.09. The largest absolute Gasteiger partial charge is 0.207 e. The molecule has 100 valence electrons. The van der Waals surface area contributed by atoms with E-state index in [-0.39, 0.29) is 10.0 Å². The molecule has 0 amide bonds. The number of halogens is 6. The molecule has 0 fully saturated rings. The summed E-state index contributed by atoms with van der Waals surface area (Å²) in [6, 6.07) is 5.04. The summed E-state index contributed by atoms with van der Waals surface area (Å²) in [6.07, 6.45) is 0. The van der Waals surface area contributed by atoms with Crippen LogP contribution in [0.4, 0.5) is 17.6 Å². The zero-order chi connectivity index (χ0) is 14.2. The van der Waals surface area contributed by atoms with Gasteiger partial charge in [-0.25, -0.2) is 17.6 Å². The van der Waals surface area contributed by atoms with Gasteiger partial charge in [-0.05, 0) is 12.1 Å². The Balaban J connectivity index is 2.60. The Morgan fingerprint density at radius 1 is 0.895 bits per heavy atom. The molecule has 0 aromatic heterocycles. The molecule has 0 radical (unpaired) electrons. The lowest BCUT2D eigenvalue weighted by molar-refractivity contribution is 0.523. The summed E-state index contributed by atoms with van der Waals surface area (Å²) in [7, 11) is 0. The minimum atomic E-state index is -1.41. The SMILES string of the molecule is Fc1cc(F)c(C(Cl)c2c(F)cccc2Br)c(F)c1. The molecule has 0 heterocycles. The van der Waals surface area contributed by atoms with Crippen LogP contribution in [0.15, 0.2) is 34.8 Å². The van der Waals surface area contributed by atoms with Gasteiger partial charge in [-0.1, -0.05) is 22.0 Å². The Labute approximate surface area is 120 Å². The maximum atomic E-state index is 13.7. The lowest BCUT2D eigenvalue weighted by atomic mass is 10.0. The van der Waals surface area contributed by atoms with E-state index >= 15 is 0 Å². The normalized spacial score (nSPS) is 12.5. The molecule has 0 saturated carbocycles. The molecule has 0 saturated heterocycles. The Kier molecular flexibility index (Phi) is 4.16. The molecule has 0 aliphatic rings. The van der Waals surface area contributed by atoms with Gasteiger partial charge in [0.15, 0.2) is 0 Å². The molecular weight excluding hydrogens is 347 g/mol. The molecule has 6 heteroatoms. The topological polar surface area (TPSA) is 0 Å². The molecule has 19 heavy (non-hydrogen) atoms. The zero-order valence-electron chi connectivity index (χ0n) is 9.23. The van der Waals surface area contributed by atoms with Gasteiger partial charge in [-0.2, -0.15) is 0 Å². The zero-order valence-corrected chi connectivity index (χ0v) is 11.6. The molecule has 2 aromatic carbocycles. The highest BCUT2D eigenvalue weighted by Gasteiger charge is 2.25. The first-order chi connectivity index (χ1) is 8.91. The summed E-state index contributed by atoms with van der Waals surface area (Å²) < 4.78 is 54.0. The minimum Gasteiger partial charge on any atom is -0.207 e. The van der Waals surface area contributed by atoms with Crippen LogP contribution in [0.2, 0.25) is 0 Å². The van der Waals surface area contributed by atoms with Crippen molar-refractivity contribution in [2.75, 3.05) is 0 Å². The summed E-state index contributed by atoms with van der Waals surface area (Å²) in [4.78, 5) is 0. The molecule has 1 unspecified atom stereocenters. The monoisotopic (exact) mass is 352 g/mol. The average Bonchev–Trinajstić information content (AvgIpc) is 2.26. The van der Waals surface area contributed by atoms with Crippen LogP contribution < -0.4 is 0 Å². The van der Waals surface area contributed by atoms with Gasteiger partial charge in [0.1, 0.15) is 23.3 Å². The highest BCUT2D eigenvalue weighted by atomic mass is 79.9. The standard InChI is InChI=1S/C13H6BrClF4/c14-7-2-1-3-8(17)11(7)13(15)12-9(18)4-6(16)5-10(12)19/h1-5,13H. The Hall–Kier alpha value is -1.07. The second kappa shape index (κ2) is 5.51. The summed E-state index contributed by atoms with van der Waals surface area (Å²) in [6.45, 7) is 0. The fourth-order valence-corrected chi connectivity index (χ4v) is 2.83. The fraction of sp³-hybridized carbons (Fsp3) is 0.0769. The van der Waals surface area contributed by atoms with Gasteiger partial charge >= 0.3 is 0 Å². The fourth-order valence-electron chi connectivity index (χ4n) is 1.69. The summed E-state index contributed by atoms with van der Waals surface area (Å²) in [5, 5.41) is -1.41. The molecule has 1 atom stereocenters. The first kappa shape index (κ1) is 14.3. The Bertz CT molecular complexity index is 587. The van der Waals surface area contributed by atoms with Crippen LogP contribution in [-0.2, 0) is 0 Å². The number of rotatable bonds is 2. The van der Waals surface area contributed by atoms with Crippen molar-refractivity contribution in [3.8, 4) is 0 Å². The van der Waals surface area contributed by atoms with Crippen molar-refractivity contribution < 1.29 is 17.6 Å². The van der Waals surface area contributed by atoms with Gasteiger partial charge < -0.3 is 0 Å². The van der Waals surface area contributed by atoms with Crippen molar-refractivity contribution in [2.45, 2.75) is 5.38 Å². The number of benzene rings is 2. The molecule has 0 aliphatic carbocycles. The smallest absolute Gasteiger partial charge is 0.134 e. The molecule has 0 N–H and O–H groups in total. The first-order valence-electron chi connectivity index (χ1n) is 5.14. The van der Waals surface area contributed by atoms with Gasteiger partial charge in [-0.15, -0.1) is 11.6 Å². The van der Waals surface area contributed by atoms with Crippen LogP contribution in [0.3, 0.4) is 0 Å². The van der Waals surface area contributed by atoms with Gasteiger partial charge in [-0.3, -0.25) is 0 Å². The second-order valence-corrected chi connectivity index (χ2v) is 5.07. The maximum Gasteiger partial charge on any atom is 0.134 e. The lowest BCUT2D eigenvalue weighted by Gasteiger charge is -2.15. The van der Waals surface area contributed by atoms with Crippen molar-refractivity contribution in [1.82, 2.24) is 0 Å². The quantitative estimate of drug-likeness (QED) is 0.505. The van der Waals surface area contributed by atoms with Gasteiger partial charge in [0.2, 0.25) is 0 Å². The highest BCUT2D eigenvalue weighted by molar-refractivity contribution is 9.10. The number of hydrogen-bond donors (Lipinski definition) is 0. The van der Waals surface area contributed by atoms with Crippen LogP contribution in [0.5, 0.6) is 0 Å². The van der Waals surface area contributed by atoms with E-state index in [1.807, 2.05) is 0 Å². The van der Waals surface area contributed by atoms with Gasteiger partial charge in [0.05, 0.1) is 5.38 Å². The third-order valence-corrected chi connectivity index (χ3v) is 3.68.